The number of likely N-dealkylation sites (tertiary alicyclic amines) is 1. The van der Waals surface area contributed by atoms with Crippen molar-refractivity contribution < 1.29 is 4.79 Å². The SMILES string of the molecule is CCC1CCCCN1CCCNC(=O)C1CCN(c2ncnc3c2nc2n3CCCCC2)CC1. The molecule has 2 aromatic rings. The van der Waals surface area contributed by atoms with E-state index in [1.54, 1.807) is 6.33 Å². The van der Waals surface area contributed by atoms with Crippen molar-refractivity contribution in [2.75, 3.05) is 37.6 Å². The molecular weight excluding hydrogens is 426 g/mol. The number of nitrogens with one attached hydrogen (secondary N) is 1. The van der Waals surface area contributed by atoms with Gasteiger partial charge in [0.25, 0.3) is 0 Å². The molecule has 0 spiro atoms. The lowest BCUT2D eigenvalue weighted by Crippen LogP contribution is -2.42. The first kappa shape index (κ1) is 23.5. The number of anilines is 1. The molecule has 0 saturated carbocycles. The van der Waals surface area contributed by atoms with Crippen molar-refractivity contribution in [2.24, 2.45) is 5.92 Å². The fourth-order valence-electron chi connectivity index (χ4n) is 6.17. The summed E-state index contributed by atoms with van der Waals surface area (Å²) >= 11 is 0. The molecule has 2 aromatic heterocycles. The molecular formula is C26H41N7O. The monoisotopic (exact) mass is 467 g/mol. The molecule has 0 aromatic carbocycles. The number of piperidine rings is 2. The lowest BCUT2D eigenvalue weighted by Gasteiger charge is -2.35. The van der Waals surface area contributed by atoms with Gasteiger partial charge in [-0.2, -0.15) is 0 Å². The van der Waals surface area contributed by atoms with Crippen LogP contribution in [0.4, 0.5) is 5.82 Å². The zero-order chi connectivity index (χ0) is 23.3. The van der Waals surface area contributed by atoms with E-state index in [1.165, 1.54) is 51.5 Å². The number of hydrogen-bond donors (Lipinski definition) is 1. The molecule has 0 aliphatic carbocycles. The van der Waals surface area contributed by atoms with Crippen LogP contribution in [0, 0.1) is 5.92 Å². The maximum atomic E-state index is 12.8. The largest absolute Gasteiger partial charge is 0.356 e. The summed E-state index contributed by atoms with van der Waals surface area (Å²) in [5.74, 6) is 2.42. The van der Waals surface area contributed by atoms with Gasteiger partial charge in [0.05, 0.1) is 0 Å². The summed E-state index contributed by atoms with van der Waals surface area (Å²) in [6.45, 7) is 8.11. The van der Waals surface area contributed by atoms with Crippen LogP contribution in [0.1, 0.15) is 77.0 Å². The van der Waals surface area contributed by atoms with E-state index < -0.39 is 0 Å². The first-order valence-corrected chi connectivity index (χ1v) is 13.7. The molecule has 5 rings (SSSR count). The zero-order valence-electron chi connectivity index (χ0n) is 20.8. The van der Waals surface area contributed by atoms with Gasteiger partial charge in [0, 0.05) is 51.1 Å². The van der Waals surface area contributed by atoms with Crippen LogP contribution in [0.2, 0.25) is 0 Å². The van der Waals surface area contributed by atoms with E-state index in [0.717, 1.165) is 87.3 Å². The molecule has 1 N–H and O–H groups in total. The summed E-state index contributed by atoms with van der Waals surface area (Å²) in [4.78, 5) is 31.9. The second-order valence-electron chi connectivity index (χ2n) is 10.4. The van der Waals surface area contributed by atoms with Crippen LogP contribution in [-0.4, -0.2) is 69.1 Å². The first-order chi connectivity index (χ1) is 16.7. The lowest BCUT2D eigenvalue weighted by atomic mass is 9.96. The highest BCUT2D eigenvalue weighted by molar-refractivity contribution is 5.84. The number of imidazole rings is 1. The molecule has 0 bridgehead atoms. The highest BCUT2D eigenvalue weighted by atomic mass is 16.1. The third kappa shape index (κ3) is 5.07. The molecule has 1 atom stereocenters. The number of hydrogen-bond acceptors (Lipinski definition) is 6. The minimum atomic E-state index is 0.102. The van der Waals surface area contributed by atoms with Crippen LogP contribution in [0.5, 0.6) is 0 Å². The van der Waals surface area contributed by atoms with Gasteiger partial charge in [-0.3, -0.25) is 4.79 Å². The van der Waals surface area contributed by atoms with Gasteiger partial charge in [0.1, 0.15) is 12.2 Å². The smallest absolute Gasteiger partial charge is 0.223 e. The topological polar surface area (TPSA) is 79.2 Å². The van der Waals surface area contributed by atoms with Gasteiger partial charge in [-0.1, -0.05) is 19.8 Å². The normalized spacial score (nSPS) is 22.5. The van der Waals surface area contributed by atoms with Crippen molar-refractivity contribution in [3.05, 3.63) is 12.2 Å². The van der Waals surface area contributed by atoms with Crippen molar-refractivity contribution in [1.29, 1.82) is 0 Å². The average Bonchev–Trinajstić information content (AvgIpc) is 3.07. The van der Waals surface area contributed by atoms with Crippen LogP contribution < -0.4 is 10.2 Å². The standard InChI is InChI=1S/C26H41N7O/c1-2-21-9-5-7-14-31(21)15-8-13-27-26(34)20-11-17-32(18-12-20)24-23-25(29-19-28-24)33-16-6-3-4-10-22(33)30-23/h19-21H,2-18H2,1H3,(H,27,34). The Bertz CT molecular complexity index is 965. The Hall–Kier alpha value is -2.22. The fourth-order valence-corrected chi connectivity index (χ4v) is 6.17. The summed E-state index contributed by atoms with van der Waals surface area (Å²) in [6, 6.07) is 0.743. The number of aryl methyl sites for hydroxylation is 2. The number of carbonyl (C=O) groups is 1. The van der Waals surface area contributed by atoms with Crippen molar-refractivity contribution in [3.8, 4) is 0 Å². The van der Waals surface area contributed by atoms with E-state index in [0.29, 0.717) is 0 Å². The molecule has 3 aliphatic rings. The van der Waals surface area contributed by atoms with Gasteiger partial charge in [0.2, 0.25) is 5.91 Å². The van der Waals surface area contributed by atoms with Gasteiger partial charge < -0.3 is 19.7 Å². The number of nitrogens with zero attached hydrogens (tertiary/aromatic N) is 6. The van der Waals surface area contributed by atoms with Crippen LogP contribution in [-0.2, 0) is 17.8 Å². The van der Waals surface area contributed by atoms with Gasteiger partial charge >= 0.3 is 0 Å². The number of carbonyl (C=O) groups excluding carboxylic acids is 1. The maximum Gasteiger partial charge on any atom is 0.223 e. The summed E-state index contributed by atoms with van der Waals surface area (Å²) in [5, 5.41) is 3.22. The van der Waals surface area contributed by atoms with E-state index in [9.17, 15) is 4.79 Å². The van der Waals surface area contributed by atoms with Crippen molar-refractivity contribution >= 4 is 22.9 Å². The number of fused-ring (bicyclic) bond motifs is 3. The highest BCUT2D eigenvalue weighted by Crippen LogP contribution is 2.29. The average molecular weight is 468 g/mol. The first-order valence-electron chi connectivity index (χ1n) is 13.7. The van der Waals surface area contributed by atoms with Crippen LogP contribution >= 0.6 is 0 Å². The Kier molecular flexibility index (Phi) is 7.62. The van der Waals surface area contributed by atoms with Gasteiger partial charge in [-0.25, -0.2) is 15.0 Å². The van der Waals surface area contributed by atoms with Gasteiger partial charge in [-0.05, 0) is 57.9 Å². The van der Waals surface area contributed by atoms with Crippen molar-refractivity contribution in [2.45, 2.75) is 90.1 Å². The Morgan fingerprint density at radius 1 is 1.03 bits per heavy atom. The molecule has 2 saturated heterocycles. The molecule has 8 heteroatoms. The van der Waals surface area contributed by atoms with E-state index in [2.05, 4.69) is 36.6 Å². The van der Waals surface area contributed by atoms with Crippen LogP contribution in [0.3, 0.4) is 0 Å². The molecule has 3 aliphatic heterocycles. The number of amides is 1. The van der Waals surface area contributed by atoms with E-state index in [1.807, 2.05) is 0 Å². The fraction of sp³-hybridized carbons (Fsp3) is 0.769. The molecule has 5 heterocycles. The summed E-state index contributed by atoms with van der Waals surface area (Å²) in [5.41, 5.74) is 1.91. The molecule has 2 fully saturated rings. The minimum absolute atomic E-state index is 0.102. The second kappa shape index (κ2) is 11.0. The minimum Gasteiger partial charge on any atom is -0.356 e. The predicted molar refractivity (Wildman–Crippen MR) is 135 cm³/mol. The summed E-state index contributed by atoms with van der Waals surface area (Å²) in [7, 11) is 0. The summed E-state index contributed by atoms with van der Waals surface area (Å²) < 4.78 is 2.29. The molecule has 1 amide bonds. The molecule has 8 nitrogen and oxygen atoms in total. The second-order valence-corrected chi connectivity index (χ2v) is 10.4. The number of aromatic nitrogens is 4. The Morgan fingerprint density at radius 3 is 2.74 bits per heavy atom. The van der Waals surface area contributed by atoms with Crippen LogP contribution in [0.25, 0.3) is 11.2 Å². The predicted octanol–water partition coefficient (Wildman–Crippen LogP) is 3.54. The highest BCUT2D eigenvalue weighted by Gasteiger charge is 2.28. The Labute approximate surface area is 203 Å². The third-order valence-electron chi connectivity index (χ3n) is 8.18. The molecule has 34 heavy (non-hydrogen) atoms. The molecule has 0 radical (unpaired) electrons. The maximum absolute atomic E-state index is 12.8. The van der Waals surface area contributed by atoms with E-state index in [4.69, 9.17) is 4.98 Å². The van der Waals surface area contributed by atoms with Gasteiger partial charge in [-0.15, -0.1) is 0 Å². The molecule has 186 valence electrons. The lowest BCUT2D eigenvalue weighted by molar-refractivity contribution is -0.125. The quantitative estimate of drug-likeness (QED) is 0.628. The van der Waals surface area contributed by atoms with Crippen molar-refractivity contribution in [1.82, 2.24) is 29.7 Å². The molecule has 1 unspecified atom stereocenters. The van der Waals surface area contributed by atoms with E-state index >= 15 is 0 Å². The number of rotatable bonds is 7. The zero-order valence-corrected chi connectivity index (χ0v) is 20.8. The third-order valence-corrected chi connectivity index (χ3v) is 8.18. The summed E-state index contributed by atoms with van der Waals surface area (Å²) in [6.07, 6.45) is 14.4. The van der Waals surface area contributed by atoms with Crippen LogP contribution in [0.15, 0.2) is 6.33 Å². The Morgan fingerprint density at radius 2 is 1.88 bits per heavy atom. The van der Waals surface area contributed by atoms with E-state index in [-0.39, 0.29) is 11.8 Å². The van der Waals surface area contributed by atoms with Crippen molar-refractivity contribution in [3.63, 3.8) is 0 Å². The Balaban J connectivity index is 1.12. The van der Waals surface area contributed by atoms with Gasteiger partial charge in [0.15, 0.2) is 17.0 Å².